The monoisotopic (exact) mass is 324 g/mol. The van der Waals surface area contributed by atoms with Crippen LogP contribution in [0.4, 0.5) is 4.79 Å². The molecule has 7 heteroatoms. The van der Waals surface area contributed by atoms with E-state index in [9.17, 15) is 13.2 Å². The summed E-state index contributed by atoms with van der Waals surface area (Å²) in [7, 11) is -2.98. The van der Waals surface area contributed by atoms with Gasteiger partial charge in [0.25, 0.3) is 0 Å². The Labute approximate surface area is 130 Å². The molecular formula is C15H20N2O4S. The molecule has 2 aliphatic rings. The maximum absolute atomic E-state index is 12.3. The standard InChI is InChI=1S/C15H20N2O4S/c1-10-3-4-12-13(9-21-14(12)11(10)2)16-15(18)17-5-7-22(19,20)8-6-17/h3-4,13H,5-9H2,1-2H3,(H,16,18)/t13-/m0/s1. The van der Waals surface area contributed by atoms with E-state index < -0.39 is 9.84 Å². The predicted octanol–water partition coefficient (Wildman–Crippen LogP) is 1.18. The van der Waals surface area contributed by atoms with Crippen molar-refractivity contribution in [1.29, 1.82) is 0 Å². The van der Waals surface area contributed by atoms with Crippen molar-refractivity contribution in [3.63, 3.8) is 0 Å². The molecule has 1 aromatic carbocycles. The number of benzene rings is 1. The molecule has 3 rings (SSSR count). The number of fused-ring (bicyclic) bond motifs is 1. The van der Waals surface area contributed by atoms with Gasteiger partial charge in [0.15, 0.2) is 9.84 Å². The van der Waals surface area contributed by atoms with Crippen molar-refractivity contribution >= 4 is 15.9 Å². The third kappa shape index (κ3) is 2.77. The number of nitrogens with zero attached hydrogens (tertiary/aromatic N) is 1. The topological polar surface area (TPSA) is 75.7 Å². The van der Waals surface area contributed by atoms with Crippen molar-refractivity contribution in [2.75, 3.05) is 31.2 Å². The molecule has 6 nitrogen and oxygen atoms in total. The molecule has 0 bridgehead atoms. The Morgan fingerprint density at radius 2 is 1.95 bits per heavy atom. The summed E-state index contributed by atoms with van der Waals surface area (Å²) < 4.78 is 28.6. The van der Waals surface area contributed by atoms with Crippen LogP contribution in [0.3, 0.4) is 0 Å². The summed E-state index contributed by atoms with van der Waals surface area (Å²) in [4.78, 5) is 13.8. The van der Waals surface area contributed by atoms with Gasteiger partial charge in [0.05, 0.1) is 17.5 Å². The van der Waals surface area contributed by atoms with Crippen LogP contribution in [-0.2, 0) is 9.84 Å². The van der Waals surface area contributed by atoms with E-state index in [-0.39, 0.29) is 36.7 Å². The van der Waals surface area contributed by atoms with E-state index in [0.29, 0.717) is 6.61 Å². The first-order valence-corrected chi connectivity index (χ1v) is 9.18. The van der Waals surface area contributed by atoms with Gasteiger partial charge < -0.3 is 15.0 Å². The largest absolute Gasteiger partial charge is 0.490 e. The summed E-state index contributed by atoms with van der Waals surface area (Å²) in [5.74, 6) is 0.930. The summed E-state index contributed by atoms with van der Waals surface area (Å²) in [5, 5.41) is 2.95. The van der Waals surface area contributed by atoms with Crippen molar-refractivity contribution in [1.82, 2.24) is 10.2 Å². The van der Waals surface area contributed by atoms with Crippen LogP contribution in [0, 0.1) is 13.8 Å². The summed E-state index contributed by atoms with van der Waals surface area (Å²) in [5.41, 5.74) is 3.24. The van der Waals surface area contributed by atoms with Crippen LogP contribution < -0.4 is 10.1 Å². The minimum atomic E-state index is -2.98. The molecule has 1 fully saturated rings. The van der Waals surface area contributed by atoms with Crippen LogP contribution in [0.15, 0.2) is 12.1 Å². The van der Waals surface area contributed by atoms with E-state index in [2.05, 4.69) is 5.32 Å². The molecule has 0 saturated carbocycles. The molecule has 2 aliphatic heterocycles. The maximum atomic E-state index is 12.3. The average Bonchev–Trinajstić information content (AvgIpc) is 2.86. The lowest BCUT2D eigenvalue weighted by Crippen LogP contribution is -2.49. The second-order valence-corrected chi connectivity index (χ2v) is 8.18. The number of carbonyl (C=O) groups excluding carboxylic acids is 1. The minimum absolute atomic E-state index is 0.0382. The van der Waals surface area contributed by atoms with Crippen molar-refractivity contribution in [2.45, 2.75) is 19.9 Å². The van der Waals surface area contributed by atoms with Crippen LogP contribution in [0.5, 0.6) is 5.75 Å². The zero-order valence-corrected chi connectivity index (χ0v) is 13.6. The highest BCUT2D eigenvalue weighted by Gasteiger charge is 2.31. The van der Waals surface area contributed by atoms with Crippen LogP contribution >= 0.6 is 0 Å². The molecule has 0 spiro atoms. The lowest BCUT2D eigenvalue weighted by atomic mass is 10.0. The quantitative estimate of drug-likeness (QED) is 0.841. The third-order valence-electron chi connectivity index (χ3n) is 4.41. The van der Waals surface area contributed by atoms with Gasteiger partial charge in [-0.15, -0.1) is 0 Å². The normalized spacial score (nSPS) is 22.8. The molecule has 0 aromatic heterocycles. The molecule has 1 N–H and O–H groups in total. The number of carbonyl (C=O) groups is 1. The Morgan fingerprint density at radius 3 is 2.64 bits per heavy atom. The first-order chi connectivity index (χ1) is 10.4. The fraction of sp³-hybridized carbons (Fsp3) is 0.533. The SMILES string of the molecule is Cc1ccc2c(c1C)OC[C@@H]2NC(=O)N1CCS(=O)(=O)CC1. The first-order valence-electron chi connectivity index (χ1n) is 7.36. The zero-order valence-electron chi connectivity index (χ0n) is 12.8. The predicted molar refractivity (Wildman–Crippen MR) is 82.9 cm³/mol. The molecule has 2 amide bonds. The van der Waals surface area contributed by atoms with Gasteiger partial charge in [-0.25, -0.2) is 13.2 Å². The smallest absolute Gasteiger partial charge is 0.318 e. The molecule has 22 heavy (non-hydrogen) atoms. The van der Waals surface area contributed by atoms with Crippen molar-refractivity contribution in [3.8, 4) is 5.75 Å². The Hall–Kier alpha value is -1.76. The molecule has 2 heterocycles. The molecule has 1 saturated heterocycles. The van der Waals surface area contributed by atoms with E-state index >= 15 is 0 Å². The number of sulfone groups is 1. The van der Waals surface area contributed by atoms with Crippen molar-refractivity contribution < 1.29 is 17.9 Å². The summed E-state index contributed by atoms with van der Waals surface area (Å²) in [6, 6.07) is 3.60. The van der Waals surface area contributed by atoms with Gasteiger partial charge in [0, 0.05) is 18.7 Å². The van der Waals surface area contributed by atoms with E-state index in [0.717, 1.165) is 22.4 Å². The van der Waals surface area contributed by atoms with Crippen LogP contribution in [0.2, 0.25) is 0 Å². The van der Waals surface area contributed by atoms with Crippen LogP contribution in [-0.4, -0.2) is 50.6 Å². The summed E-state index contributed by atoms with van der Waals surface area (Å²) >= 11 is 0. The molecule has 1 aromatic rings. The second-order valence-electron chi connectivity index (χ2n) is 5.88. The number of hydrogen-bond donors (Lipinski definition) is 1. The Bertz CT molecular complexity index is 700. The third-order valence-corrected chi connectivity index (χ3v) is 6.02. The second kappa shape index (κ2) is 5.46. The van der Waals surface area contributed by atoms with Gasteiger partial charge in [-0.05, 0) is 25.0 Å². The maximum Gasteiger partial charge on any atom is 0.318 e. The molecule has 0 aliphatic carbocycles. The number of ether oxygens (including phenoxy) is 1. The Morgan fingerprint density at radius 1 is 1.27 bits per heavy atom. The van der Waals surface area contributed by atoms with Gasteiger partial charge in [-0.2, -0.15) is 0 Å². The molecule has 1 atom stereocenters. The number of rotatable bonds is 1. The van der Waals surface area contributed by atoms with E-state index in [1.807, 2.05) is 26.0 Å². The van der Waals surface area contributed by atoms with Crippen LogP contribution in [0.1, 0.15) is 22.7 Å². The van der Waals surface area contributed by atoms with Gasteiger partial charge in [0.1, 0.15) is 12.4 Å². The highest BCUT2D eigenvalue weighted by molar-refractivity contribution is 7.91. The molecular weight excluding hydrogens is 304 g/mol. The van der Waals surface area contributed by atoms with Crippen LogP contribution in [0.25, 0.3) is 0 Å². The highest BCUT2D eigenvalue weighted by atomic mass is 32.2. The number of nitrogens with one attached hydrogen (secondary N) is 1. The number of urea groups is 1. The first kappa shape index (κ1) is 15.1. The summed E-state index contributed by atoms with van der Waals surface area (Å²) in [6.07, 6.45) is 0. The Kier molecular flexibility index (Phi) is 3.76. The number of aryl methyl sites for hydroxylation is 1. The van der Waals surface area contributed by atoms with Crippen molar-refractivity contribution in [3.05, 3.63) is 28.8 Å². The fourth-order valence-electron chi connectivity index (χ4n) is 2.81. The van der Waals surface area contributed by atoms with E-state index in [1.165, 1.54) is 0 Å². The molecule has 120 valence electrons. The van der Waals surface area contributed by atoms with Crippen molar-refractivity contribution in [2.24, 2.45) is 0 Å². The van der Waals surface area contributed by atoms with Gasteiger partial charge in [-0.3, -0.25) is 0 Å². The Balaban J connectivity index is 1.69. The minimum Gasteiger partial charge on any atom is -0.490 e. The fourth-order valence-corrected chi connectivity index (χ4v) is 4.01. The lowest BCUT2D eigenvalue weighted by Gasteiger charge is -2.28. The molecule has 0 radical (unpaired) electrons. The average molecular weight is 324 g/mol. The van der Waals surface area contributed by atoms with E-state index in [1.54, 1.807) is 4.90 Å². The highest BCUT2D eigenvalue weighted by Crippen LogP contribution is 2.36. The van der Waals surface area contributed by atoms with Gasteiger partial charge >= 0.3 is 6.03 Å². The molecule has 0 unspecified atom stereocenters. The van der Waals surface area contributed by atoms with Gasteiger partial charge in [-0.1, -0.05) is 12.1 Å². The number of hydrogen-bond acceptors (Lipinski definition) is 4. The van der Waals surface area contributed by atoms with E-state index in [4.69, 9.17) is 4.74 Å². The summed E-state index contributed by atoms with van der Waals surface area (Å²) in [6.45, 7) is 4.95. The zero-order chi connectivity index (χ0) is 15.9. The number of amides is 2. The van der Waals surface area contributed by atoms with Gasteiger partial charge in [0.2, 0.25) is 0 Å². The lowest BCUT2D eigenvalue weighted by molar-refractivity contribution is 0.194.